The van der Waals surface area contributed by atoms with E-state index in [-0.39, 0.29) is 17.5 Å². The van der Waals surface area contributed by atoms with Crippen LogP contribution in [0.3, 0.4) is 0 Å². The summed E-state index contributed by atoms with van der Waals surface area (Å²) in [6.45, 7) is 6.57. The molecule has 3 saturated heterocycles. The van der Waals surface area contributed by atoms with E-state index in [4.69, 9.17) is 4.74 Å². The number of carbonyl (C=O) groups is 1. The number of hydrogen-bond acceptors (Lipinski definition) is 4. The minimum atomic E-state index is -4.60. The molecule has 1 aromatic carbocycles. The summed E-state index contributed by atoms with van der Waals surface area (Å²) in [5.41, 5.74) is -1.55. The predicted molar refractivity (Wildman–Crippen MR) is 125 cm³/mol. The second-order valence-electron chi connectivity index (χ2n) is 10.9. The Labute approximate surface area is 204 Å². The highest BCUT2D eigenvalue weighted by Crippen LogP contribution is 2.48. The first-order valence-corrected chi connectivity index (χ1v) is 13.0. The molecule has 35 heavy (non-hydrogen) atoms. The van der Waals surface area contributed by atoms with Crippen molar-refractivity contribution < 1.29 is 27.1 Å². The molecule has 0 aromatic heterocycles. The van der Waals surface area contributed by atoms with Gasteiger partial charge in [-0.2, -0.15) is 13.2 Å². The highest BCUT2D eigenvalue weighted by molar-refractivity contribution is 5.86. The molecule has 1 unspecified atom stereocenters. The first kappa shape index (κ1) is 24.8. The minimum absolute atomic E-state index is 0.0281. The van der Waals surface area contributed by atoms with Crippen LogP contribution in [0.25, 0.3) is 0 Å². The summed E-state index contributed by atoms with van der Waals surface area (Å²) in [4.78, 5) is 19.8. The number of benzene rings is 1. The molecule has 4 fully saturated rings. The fourth-order valence-electron chi connectivity index (χ4n) is 6.20. The summed E-state index contributed by atoms with van der Waals surface area (Å²) in [7, 11) is 0. The standard InChI is InChI=1S/C26H35F4N3O2/c1-18-3-2-8-33(16-18)22-6-7-25(35-17-22,19-4-5-19)24(34)32-11-9-31(10-12-32)23-14-20(26(28,29)30)13-21(27)15-23/h13-15,18-19,22H,2-12,16-17H2,1H3/t18?,22-,25+/m1/s1. The Morgan fingerprint density at radius 1 is 1.03 bits per heavy atom. The van der Waals surface area contributed by atoms with Gasteiger partial charge in [0.05, 0.1) is 12.2 Å². The Balaban J connectivity index is 1.22. The van der Waals surface area contributed by atoms with Gasteiger partial charge in [0, 0.05) is 44.5 Å². The molecule has 1 amide bonds. The summed E-state index contributed by atoms with van der Waals surface area (Å²) in [6.07, 6.45) is 1.57. The predicted octanol–water partition coefficient (Wildman–Crippen LogP) is 4.55. The van der Waals surface area contributed by atoms with E-state index in [1.165, 1.54) is 12.8 Å². The van der Waals surface area contributed by atoms with E-state index in [1.807, 2.05) is 4.90 Å². The van der Waals surface area contributed by atoms with Gasteiger partial charge in [-0.15, -0.1) is 0 Å². The number of halogens is 4. The maximum Gasteiger partial charge on any atom is 0.416 e. The van der Waals surface area contributed by atoms with Crippen LogP contribution in [0, 0.1) is 17.7 Å². The Kier molecular flexibility index (Phi) is 6.76. The van der Waals surface area contributed by atoms with Gasteiger partial charge in [0.25, 0.3) is 5.91 Å². The van der Waals surface area contributed by atoms with E-state index in [0.717, 1.165) is 50.9 Å². The number of likely N-dealkylation sites (tertiary alicyclic amines) is 1. The van der Waals surface area contributed by atoms with Crippen molar-refractivity contribution in [1.82, 2.24) is 9.80 Å². The van der Waals surface area contributed by atoms with E-state index in [1.54, 1.807) is 4.90 Å². The Hall–Kier alpha value is -1.87. The first-order valence-electron chi connectivity index (χ1n) is 13.0. The number of rotatable bonds is 4. The lowest BCUT2D eigenvalue weighted by molar-refractivity contribution is -0.176. The summed E-state index contributed by atoms with van der Waals surface area (Å²) < 4.78 is 59.7. The number of amides is 1. The number of hydrogen-bond donors (Lipinski definition) is 0. The van der Waals surface area contributed by atoms with Crippen LogP contribution in [0.15, 0.2) is 18.2 Å². The highest BCUT2D eigenvalue weighted by Gasteiger charge is 2.55. The topological polar surface area (TPSA) is 36.0 Å². The van der Waals surface area contributed by atoms with Gasteiger partial charge in [0.2, 0.25) is 0 Å². The van der Waals surface area contributed by atoms with Crippen molar-refractivity contribution in [2.45, 2.75) is 63.3 Å². The minimum Gasteiger partial charge on any atom is -0.368 e. The molecule has 3 atom stereocenters. The molecule has 9 heteroatoms. The maximum atomic E-state index is 13.9. The molecule has 5 nitrogen and oxygen atoms in total. The van der Waals surface area contributed by atoms with Crippen molar-refractivity contribution in [3.05, 3.63) is 29.6 Å². The lowest BCUT2D eigenvalue weighted by Gasteiger charge is -2.47. The molecule has 1 aliphatic carbocycles. The molecule has 0 spiro atoms. The number of piperidine rings is 1. The van der Waals surface area contributed by atoms with Crippen LogP contribution in [-0.4, -0.2) is 73.2 Å². The van der Waals surface area contributed by atoms with E-state index < -0.39 is 23.2 Å². The van der Waals surface area contributed by atoms with E-state index in [2.05, 4.69) is 11.8 Å². The molecule has 194 valence electrons. The number of alkyl halides is 3. The molecule has 0 N–H and O–H groups in total. The van der Waals surface area contributed by atoms with E-state index >= 15 is 0 Å². The van der Waals surface area contributed by atoms with Crippen LogP contribution in [0.2, 0.25) is 0 Å². The van der Waals surface area contributed by atoms with Crippen molar-refractivity contribution in [2.75, 3.05) is 50.8 Å². The highest BCUT2D eigenvalue weighted by atomic mass is 19.4. The van der Waals surface area contributed by atoms with E-state index in [9.17, 15) is 22.4 Å². The average molecular weight is 498 g/mol. The van der Waals surface area contributed by atoms with Crippen molar-refractivity contribution in [2.24, 2.45) is 11.8 Å². The number of nitrogens with zero attached hydrogens (tertiary/aromatic N) is 3. The zero-order valence-electron chi connectivity index (χ0n) is 20.3. The van der Waals surface area contributed by atoms with Crippen molar-refractivity contribution in [3.63, 3.8) is 0 Å². The van der Waals surface area contributed by atoms with Gasteiger partial charge in [0.15, 0.2) is 0 Å². The zero-order chi connectivity index (χ0) is 24.8. The van der Waals surface area contributed by atoms with Gasteiger partial charge < -0.3 is 14.5 Å². The number of anilines is 1. The van der Waals surface area contributed by atoms with Crippen molar-refractivity contribution in [3.8, 4) is 0 Å². The van der Waals surface area contributed by atoms with Gasteiger partial charge in [-0.3, -0.25) is 9.69 Å². The van der Waals surface area contributed by atoms with E-state index in [0.29, 0.717) is 50.8 Å². The maximum absolute atomic E-state index is 13.9. The molecule has 3 heterocycles. The molecular weight excluding hydrogens is 462 g/mol. The van der Waals surface area contributed by atoms with Crippen molar-refractivity contribution in [1.29, 1.82) is 0 Å². The molecule has 0 bridgehead atoms. The summed E-state index contributed by atoms with van der Waals surface area (Å²) in [5.74, 6) is 0.0727. The zero-order valence-corrected chi connectivity index (χ0v) is 20.3. The Morgan fingerprint density at radius 3 is 2.37 bits per heavy atom. The van der Waals surface area contributed by atoms with Gasteiger partial charge in [-0.25, -0.2) is 4.39 Å². The number of ether oxygens (including phenoxy) is 1. The Bertz CT molecular complexity index is 920. The van der Waals surface area contributed by atoms with Gasteiger partial charge in [-0.05, 0) is 75.1 Å². The fraction of sp³-hybridized carbons (Fsp3) is 0.731. The monoisotopic (exact) mass is 497 g/mol. The molecule has 5 rings (SSSR count). The van der Waals surface area contributed by atoms with Gasteiger partial charge in [-0.1, -0.05) is 6.92 Å². The fourth-order valence-corrected chi connectivity index (χ4v) is 6.20. The van der Waals surface area contributed by atoms with Crippen LogP contribution < -0.4 is 4.90 Å². The third-order valence-electron chi connectivity index (χ3n) is 8.33. The molecule has 1 aromatic rings. The first-order chi connectivity index (χ1) is 16.7. The molecular formula is C26H35F4N3O2. The van der Waals surface area contributed by atoms with Gasteiger partial charge >= 0.3 is 6.18 Å². The average Bonchev–Trinajstić information content (AvgIpc) is 3.69. The third kappa shape index (κ3) is 5.17. The molecule has 3 aliphatic heterocycles. The third-order valence-corrected chi connectivity index (χ3v) is 8.33. The summed E-state index contributed by atoms with van der Waals surface area (Å²) >= 11 is 0. The van der Waals surface area contributed by atoms with Crippen LogP contribution in [0.4, 0.5) is 23.2 Å². The van der Waals surface area contributed by atoms with Crippen LogP contribution in [0.1, 0.15) is 51.0 Å². The summed E-state index contributed by atoms with van der Waals surface area (Å²) in [5, 5.41) is 0. The molecule has 0 radical (unpaired) electrons. The SMILES string of the molecule is CC1CCCN([C@@H]2CC[C@@](C(=O)N3CCN(c4cc(F)cc(C(F)(F)F)c4)CC3)(C3CC3)OC2)C1. The van der Waals surface area contributed by atoms with Crippen LogP contribution >= 0.6 is 0 Å². The lowest BCUT2D eigenvalue weighted by Crippen LogP contribution is -2.61. The molecule has 4 aliphatic rings. The van der Waals surface area contributed by atoms with Crippen LogP contribution in [-0.2, 0) is 15.7 Å². The smallest absolute Gasteiger partial charge is 0.368 e. The quantitative estimate of drug-likeness (QED) is 0.572. The Morgan fingerprint density at radius 2 is 1.77 bits per heavy atom. The second-order valence-corrected chi connectivity index (χ2v) is 10.9. The number of piperazine rings is 1. The normalized spacial score (nSPS) is 31.0. The van der Waals surface area contributed by atoms with Crippen LogP contribution in [0.5, 0.6) is 0 Å². The largest absolute Gasteiger partial charge is 0.416 e. The summed E-state index contributed by atoms with van der Waals surface area (Å²) in [6, 6.07) is 2.99. The van der Waals surface area contributed by atoms with Crippen molar-refractivity contribution >= 4 is 11.6 Å². The number of carbonyl (C=O) groups excluding carboxylic acids is 1. The molecule has 1 saturated carbocycles. The second kappa shape index (κ2) is 9.54. The van der Waals surface area contributed by atoms with Gasteiger partial charge in [0.1, 0.15) is 11.4 Å². The lowest BCUT2D eigenvalue weighted by atomic mass is 9.84.